The lowest BCUT2D eigenvalue weighted by atomic mass is 9.94. The first-order chi connectivity index (χ1) is 20.4. The van der Waals surface area contributed by atoms with E-state index in [1.54, 1.807) is 67.0 Å². The van der Waals surface area contributed by atoms with Gasteiger partial charge in [0.1, 0.15) is 18.1 Å². The number of hydrogen-bond acceptors (Lipinski definition) is 7. The van der Waals surface area contributed by atoms with Crippen molar-refractivity contribution in [2.24, 2.45) is 0 Å². The maximum absolute atomic E-state index is 13.5. The van der Waals surface area contributed by atoms with Gasteiger partial charge in [0.15, 0.2) is 11.5 Å². The minimum atomic E-state index is -0.861. The average molecular weight is 565 g/mol. The van der Waals surface area contributed by atoms with Crippen molar-refractivity contribution in [3.8, 4) is 17.2 Å². The first kappa shape index (κ1) is 28.4. The summed E-state index contributed by atoms with van der Waals surface area (Å²) in [5.74, 6) is -0.133. The number of methoxy groups -OCH3 is 1. The highest BCUT2D eigenvalue weighted by Gasteiger charge is 2.46. The molecule has 1 aromatic heterocycles. The van der Waals surface area contributed by atoms with Gasteiger partial charge in [-0.05, 0) is 79.1 Å². The Labute approximate surface area is 244 Å². The van der Waals surface area contributed by atoms with Gasteiger partial charge in [0.25, 0.3) is 11.7 Å². The van der Waals surface area contributed by atoms with E-state index in [0.717, 1.165) is 16.7 Å². The van der Waals surface area contributed by atoms with Crippen LogP contribution in [0.2, 0.25) is 0 Å². The summed E-state index contributed by atoms with van der Waals surface area (Å²) < 4.78 is 17.1. The summed E-state index contributed by atoms with van der Waals surface area (Å²) in [7, 11) is 1.53. The van der Waals surface area contributed by atoms with Gasteiger partial charge in [0.05, 0.1) is 25.3 Å². The number of rotatable bonds is 10. The van der Waals surface area contributed by atoms with Crippen LogP contribution in [0.3, 0.4) is 0 Å². The normalized spacial score (nSPS) is 16.0. The Morgan fingerprint density at radius 2 is 1.67 bits per heavy atom. The minimum absolute atomic E-state index is 0.00583. The zero-order valence-corrected chi connectivity index (χ0v) is 23.7. The Kier molecular flexibility index (Phi) is 8.52. The second-order valence-corrected chi connectivity index (χ2v) is 9.93. The van der Waals surface area contributed by atoms with E-state index in [1.165, 1.54) is 12.0 Å². The predicted molar refractivity (Wildman–Crippen MR) is 158 cm³/mol. The van der Waals surface area contributed by atoms with Crippen LogP contribution in [0.15, 0.2) is 96.8 Å². The van der Waals surface area contributed by atoms with E-state index in [9.17, 15) is 14.7 Å². The molecule has 5 rings (SSSR count). The molecule has 4 aromatic rings. The number of aryl methyl sites for hydroxylation is 1. The molecule has 1 amide bonds. The van der Waals surface area contributed by atoms with Crippen LogP contribution in [0.25, 0.3) is 5.76 Å². The SMILES string of the molecule is CCOc1ccc(C2/C(=C(\O)c3ccc(OCc4cccc(C)c4)cc3)C(=O)C(=O)N2Cc2ccncc2)cc1OC. The second-order valence-electron chi connectivity index (χ2n) is 9.93. The van der Waals surface area contributed by atoms with Gasteiger partial charge in [0.2, 0.25) is 0 Å². The lowest BCUT2D eigenvalue weighted by molar-refractivity contribution is -0.140. The first-order valence-corrected chi connectivity index (χ1v) is 13.7. The number of aliphatic hydroxyl groups is 1. The zero-order chi connectivity index (χ0) is 29.6. The summed E-state index contributed by atoms with van der Waals surface area (Å²) in [6, 6.07) is 22.8. The molecule has 0 saturated carbocycles. The molecule has 1 N–H and O–H groups in total. The Hall–Kier alpha value is -5.11. The average Bonchev–Trinajstić information content (AvgIpc) is 3.26. The zero-order valence-electron chi connectivity index (χ0n) is 23.7. The summed E-state index contributed by atoms with van der Waals surface area (Å²) in [6.07, 6.45) is 3.26. The highest BCUT2D eigenvalue weighted by Crippen LogP contribution is 2.42. The standard InChI is InChI=1S/C34H32N2O6/c1-4-41-28-13-10-26(19-29(28)40-3)31-30(33(38)34(39)36(31)20-23-14-16-35-17-15-23)32(37)25-8-11-27(12-9-25)42-21-24-7-5-6-22(2)18-24/h5-19,31,37H,4,20-21H2,1-3H3/b32-30+. The highest BCUT2D eigenvalue weighted by atomic mass is 16.5. The van der Waals surface area contributed by atoms with Crippen LogP contribution in [-0.4, -0.2) is 40.4 Å². The molecular weight excluding hydrogens is 532 g/mol. The van der Waals surface area contributed by atoms with Crippen LogP contribution >= 0.6 is 0 Å². The van der Waals surface area contributed by atoms with Gasteiger partial charge in [-0.2, -0.15) is 0 Å². The molecule has 8 nitrogen and oxygen atoms in total. The van der Waals surface area contributed by atoms with Crippen LogP contribution in [-0.2, 0) is 22.7 Å². The van der Waals surface area contributed by atoms with Crippen molar-refractivity contribution in [3.05, 3.63) is 125 Å². The number of Topliss-reactive ketones (excluding diaryl/α,β-unsaturated/α-hetero) is 1. The summed E-state index contributed by atoms with van der Waals surface area (Å²) in [5.41, 5.74) is 3.98. The summed E-state index contributed by atoms with van der Waals surface area (Å²) in [6.45, 7) is 4.89. The number of ketones is 1. The van der Waals surface area contributed by atoms with Gasteiger partial charge >= 0.3 is 0 Å². The number of hydrogen-bond donors (Lipinski definition) is 1. The second kappa shape index (κ2) is 12.6. The van der Waals surface area contributed by atoms with Crippen LogP contribution in [0, 0.1) is 6.92 Å². The van der Waals surface area contributed by atoms with E-state index in [0.29, 0.717) is 41.6 Å². The van der Waals surface area contributed by atoms with Crippen LogP contribution in [0.4, 0.5) is 0 Å². The minimum Gasteiger partial charge on any atom is -0.507 e. The number of aromatic nitrogens is 1. The fraction of sp³-hybridized carbons (Fsp3) is 0.206. The highest BCUT2D eigenvalue weighted by molar-refractivity contribution is 6.46. The van der Waals surface area contributed by atoms with Crippen molar-refractivity contribution < 1.29 is 28.9 Å². The number of likely N-dealkylation sites (tertiary alicyclic amines) is 1. The van der Waals surface area contributed by atoms with E-state index < -0.39 is 17.7 Å². The number of aliphatic hydroxyl groups excluding tert-OH is 1. The van der Waals surface area contributed by atoms with Crippen molar-refractivity contribution >= 4 is 17.4 Å². The molecule has 3 aromatic carbocycles. The smallest absolute Gasteiger partial charge is 0.295 e. The Morgan fingerprint density at radius 3 is 2.36 bits per heavy atom. The van der Waals surface area contributed by atoms with Gasteiger partial charge in [0, 0.05) is 24.5 Å². The number of nitrogens with zero attached hydrogens (tertiary/aromatic N) is 2. The Bertz CT molecular complexity index is 1620. The fourth-order valence-corrected chi connectivity index (χ4v) is 5.04. The molecule has 8 heteroatoms. The van der Waals surface area contributed by atoms with Crippen LogP contribution in [0.1, 0.15) is 40.8 Å². The van der Waals surface area contributed by atoms with Gasteiger partial charge in [-0.1, -0.05) is 35.9 Å². The van der Waals surface area contributed by atoms with Gasteiger partial charge < -0.3 is 24.2 Å². The van der Waals surface area contributed by atoms with Gasteiger partial charge in [-0.25, -0.2) is 0 Å². The molecular formula is C34H32N2O6. The molecule has 1 fully saturated rings. The fourth-order valence-electron chi connectivity index (χ4n) is 5.04. The maximum atomic E-state index is 13.5. The molecule has 214 valence electrons. The molecule has 1 unspecified atom stereocenters. The first-order valence-electron chi connectivity index (χ1n) is 13.7. The quantitative estimate of drug-likeness (QED) is 0.143. The van der Waals surface area contributed by atoms with Crippen molar-refractivity contribution in [2.45, 2.75) is 33.0 Å². The number of carbonyl (C=O) groups excluding carboxylic acids is 2. The lowest BCUT2D eigenvalue weighted by Gasteiger charge is -2.26. The summed E-state index contributed by atoms with van der Waals surface area (Å²) in [5, 5.41) is 11.5. The molecule has 0 aliphatic carbocycles. The Balaban J connectivity index is 1.51. The molecule has 1 aliphatic rings. The molecule has 0 spiro atoms. The molecule has 0 radical (unpaired) electrons. The maximum Gasteiger partial charge on any atom is 0.295 e. The van der Waals surface area contributed by atoms with Crippen molar-refractivity contribution in [3.63, 3.8) is 0 Å². The molecule has 1 aliphatic heterocycles. The lowest BCUT2D eigenvalue weighted by Crippen LogP contribution is -2.29. The third-order valence-corrected chi connectivity index (χ3v) is 7.06. The summed E-state index contributed by atoms with van der Waals surface area (Å²) >= 11 is 0. The number of amides is 1. The van der Waals surface area contributed by atoms with E-state index in [2.05, 4.69) is 11.1 Å². The predicted octanol–water partition coefficient (Wildman–Crippen LogP) is 6.00. The van der Waals surface area contributed by atoms with Crippen molar-refractivity contribution in [1.82, 2.24) is 9.88 Å². The van der Waals surface area contributed by atoms with Crippen molar-refractivity contribution in [1.29, 1.82) is 0 Å². The molecule has 0 bridgehead atoms. The van der Waals surface area contributed by atoms with Gasteiger partial charge in [-0.15, -0.1) is 0 Å². The largest absolute Gasteiger partial charge is 0.507 e. The number of ether oxygens (including phenoxy) is 3. The monoisotopic (exact) mass is 564 g/mol. The number of benzene rings is 3. The summed E-state index contributed by atoms with van der Waals surface area (Å²) in [4.78, 5) is 32.4. The third kappa shape index (κ3) is 5.98. The van der Waals surface area contributed by atoms with Crippen LogP contribution in [0.5, 0.6) is 17.2 Å². The van der Waals surface area contributed by atoms with E-state index in [1.807, 2.05) is 32.0 Å². The number of carbonyl (C=O) groups is 2. The van der Waals surface area contributed by atoms with E-state index >= 15 is 0 Å². The van der Waals surface area contributed by atoms with E-state index in [4.69, 9.17) is 14.2 Å². The molecule has 1 atom stereocenters. The van der Waals surface area contributed by atoms with Crippen molar-refractivity contribution in [2.75, 3.05) is 13.7 Å². The topological polar surface area (TPSA) is 98.2 Å². The Morgan fingerprint density at radius 1 is 0.905 bits per heavy atom. The number of pyridine rings is 1. The third-order valence-electron chi connectivity index (χ3n) is 7.06. The van der Waals surface area contributed by atoms with Gasteiger partial charge in [-0.3, -0.25) is 14.6 Å². The van der Waals surface area contributed by atoms with E-state index in [-0.39, 0.29) is 17.9 Å². The molecule has 1 saturated heterocycles. The molecule has 42 heavy (non-hydrogen) atoms. The molecule has 2 heterocycles. The van der Waals surface area contributed by atoms with Crippen LogP contribution < -0.4 is 14.2 Å².